The quantitative estimate of drug-likeness (QED) is 0.947. The summed E-state index contributed by atoms with van der Waals surface area (Å²) in [4.78, 5) is 26.2. The first-order valence-electron chi connectivity index (χ1n) is 7.58. The molecule has 23 heavy (non-hydrogen) atoms. The van der Waals surface area contributed by atoms with Gasteiger partial charge in [0, 0.05) is 29.9 Å². The molecule has 4 nitrogen and oxygen atoms in total. The zero-order valence-electron chi connectivity index (χ0n) is 12.8. The monoisotopic (exact) mass is 312 g/mol. The summed E-state index contributed by atoms with van der Waals surface area (Å²) in [5.74, 6) is -0.713. The van der Waals surface area contributed by atoms with Crippen molar-refractivity contribution in [1.29, 1.82) is 0 Å². The Morgan fingerprint density at radius 2 is 1.83 bits per heavy atom. The standard InChI is InChI=1S/C18H17FN2O2/c1-2-20-17(22)14-4-3-12-9-10-21(16(12)11-14)18(23)13-5-7-15(19)8-6-13/h3-8,11H,2,9-10H2,1H3,(H,20,22). The van der Waals surface area contributed by atoms with E-state index in [1.807, 2.05) is 13.0 Å². The van der Waals surface area contributed by atoms with Crippen LogP contribution in [0, 0.1) is 5.82 Å². The van der Waals surface area contributed by atoms with Crippen molar-refractivity contribution in [3.63, 3.8) is 0 Å². The van der Waals surface area contributed by atoms with Crippen LogP contribution in [0.3, 0.4) is 0 Å². The molecule has 0 saturated heterocycles. The average molecular weight is 312 g/mol. The highest BCUT2D eigenvalue weighted by atomic mass is 19.1. The Morgan fingerprint density at radius 3 is 2.52 bits per heavy atom. The third-order valence-corrected chi connectivity index (χ3v) is 3.92. The van der Waals surface area contributed by atoms with E-state index in [1.54, 1.807) is 17.0 Å². The lowest BCUT2D eigenvalue weighted by Crippen LogP contribution is -2.29. The second-order valence-corrected chi connectivity index (χ2v) is 5.42. The molecular weight excluding hydrogens is 295 g/mol. The topological polar surface area (TPSA) is 49.4 Å². The Bertz CT molecular complexity index is 756. The van der Waals surface area contributed by atoms with Gasteiger partial charge in [0.25, 0.3) is 11.8 Å². The molecule has 5 heteroatoms. The lowest BCUT2D eigenvalue weighted by Gasteiger charge is -2.18. The summed E-state index contributed by atoms with van der Waals surface area (Å²) in [6.07, 6.45) is 0.748. The van der Waals surface area contributed by atoms with E-state index in [0.717, 1.165) is 17.7 Å². The summed E-state index contributed by atoms with van der Waals surface area (Å²) >= 11 is 0. The summed E-state index contributed by atoms with van der Waals surface area (Å²) in [7, 11) is 0. The van der Waals surface area contributed by atoms with E-state index in [-0.39, 0.29) is 17.6 Å². The highest BCUT2D eigenvalue weighted by Crippen LogP contribution is 2.30. The van der Waals surface area contributed by atoms with E-state index in [2.05, 4.69) is 5.32 Å². The second kappa shape index (κ2) is 6.20. The van der Waals surface area contributed by atoms with Crippen LogP contribution < -0.4 is 10.2 Å². The minimum atomic E-state index is -0.373. The van der Waals surface area contributed by atoms with Gasteiger partial charge in [-0.05, 0) is 55.3 Å². The average Bonchev–Trinajstić information content (AvgIpc) is 2.98. The molecule has 0 aromatic heterocycles. The Balaban J connectivity index is 1.90. The van der Waals surface area contributed by atoms with Crippen molar-refractivity contribution in [2.75, 3.05) is 18.0 Å². The van der Waals surface area contributed by atoms with Crippen molar-refractivity contribution < 1.29 is 14.0 Å². The van der Waals surface area contributed by atoms with Crippen molar-refractivity contribution in [1.82, 2.24) is 5.32 Å². The number of hydrogen-bond acceptors (Lipinski definition) is 2. The van der Waals surface area contributed by atoms with E-state index in [9.17, 15) is 14.0 Å². The number of halogens is 1. The molecular formula is C18H17FN2O2. The van der Waals surface area contributed by atoms with Crippen molar-refractivity contribution >= 4 is 17.5 Å². The number of amides is 2. The summed E-state index contributed by atoms with van der Waals surface area (Å²) in [6, 6.07) is 10.9. The fourth-order valence-electron chi connectivity index (χ4n) is 2.74. The summed E-state index contributed by atoms with van der Waals surface area (Å²) < 4.78 is 13.0. The van der Waals surface area contributed by atoms with E-state index in [1.165, 1.54) is 24.3 Å². The first-order chi connectivity index (χ1) is 11.1. The molecule has 0 saturated carbocycles. The van der Waals surface area contributed by atoms with Crippen LogP contribution in [0.4, 0.5) is 10.1 Å². The van der Waals surface area contributed by atoms with Gasteiger partial charge in [-0.15, -0.1) is 0 Å². The largest absolute Gasteiger partial charge is 0.352 e. The molecule has 2 aromatic rings. The second-order valence-electron chi connectivity index (χ2n) is 5.42. The maximum absolute atomic E-state index is 13.0. The first kappa shape index (κ1) is 15.2. The predicted octanol–water partition coefficient (Wildman–Crippen LogP) is 2.78. The summed E-state index contributed by atoms with van der Waals surface area (Å²) in [5, 5.41) is 2.75. The molecule has 0 radical (unpaired) electrons. The van der Waals surface area contributed by atoms with Gasteiger partial charge in [-0.2, -0.15) is 0 Å². The number of nitrogens with zero attached hydrogens (tertiary/aromatic N) is 1. The Morgan fingerprint density at radius 1 is 1.13 bits per heavy atom. The highest BCUT2D eigenvalue weighted by Gasteiger charge is 2.26. The van der Waals surface area contributed by atoms with Crippen LogP contribution >= 0.6 is 0 Å². The molecule has 118 valence electrons. The zero-order chi connectivity index (χ0) is 16.4. The van der Waals surface area contributed by atoms with E-state index >= 15 is 0 Å². The van der Waals surface area contributed by atoms with Gasteiger partial charge in [-0.1, -0.05) is 6.07 Å². The Hall–Kier alpha value is -2.69. The third kappa shape index (κ3) is 2.95. The lowest BCUT2D eigenvalue weighted by molar-refractivity contribution is 0.0952. The smallest absolute Gasteiger partial charge is 0.258 e. The molecule has 2 aromatic carbocycles. The molecule has 1 heterocycles. The molecule has 0 bridgehead atoms. The van der Waals surface area contributed by atoms with Gasteiger partial charge >= 0.3 is 0 Å². The molecule has 1 N–H and O–H groups in total. The minimum absolute atomic E-state index is 0.156. The molecule has 1 aliphatic rings. The normalized spacial score (nSPS) is 12.9. The molecule has 0 aliphatic carbocycles. The fraction of sp³-hybridized carbons (Fsp3) is 0.222. The van der Waals surface area contributed by atoms with Crippen molar-refractivity contribution in [3.05, 3.63) is 65.0 Å². The minimum Gasteiger partial charge on any atom is -0.352 e. The molecule has 1 aliphatic heterocycles. The number of rotatable bonds is 3. The van der Waals surface area contributed by atoms with Gasteiger partial charge < -0.3 is 10.2 Å². The van der Waals surface area contributed by atoms with Gasteiger partial charge in [0.2, 0.25) is 0 Å². The van der Waals surface area contributed by atoms with Crippen LogP contribution in [0.15, 0.2) is 42.5 Å². The maximum Gasteiger partial charge on any atom is 0.258 e. The fourth-order valence-corrected chi connectivity index (χ4v) is 2.74. The molecule has 0 unspecified atom stereocenters. The molecule has 0 spiro atoms. The number of fused-ring (bicyclic) bond motifs is 1. The van der Waals surface area contributed by atoms with Crippen LogP contribution in [-0.4, -0.2) is 24.9 Å². The van der Waals surface area contributed by atoms with Gasteiger partial charge in [0.05, 0.1) is 0 Å². The highest BCUT2D eigenvalue weighted by molar-refractivity contribution is 6.08. The number of nitrogens with one attached hydrogen (secondary N) is 1. The Kier molecular flexibility index (Phi) is 4.10. The molecule has 3 rings (SSSR count). The van der Waals surface area contributed by atoms with Crippen LogP contribution in [0.5, 0.6) is 0 Å². The van der Waals surface area contributed by atoms with Gasteiger partial charge in [0.1, 0.15) is 5.82 Å². The Labute approximate surface area is 133 Å². The maximum atomic E-state index is 13.0. The predicted molar refractivity (Wildman–Crippen MR) is 86.2 cm³/mol. The SMILES string of the molecule is CCNC(=O)c1ccc2c(c1)N(C(=O)c1ccc(F)cc1)CC2. The number of anilines is 1. The number of carbonyl (C=O) groups is 2. The first-order valence-corrected chi connectivity index (χ1v) is 7.58. The summed E-state index contributed by atoms with van der Waals surface area (Å²) in [5.41, 5.74) is 2.75. The number of carbonyl (C=O) groups excluding carboxylic acids is 2. The van der Waals surface area contributed by atoms with Crippen molar-refractivity contribution in [2.24, 2.45) is 0 Å². The van der Waals surface area contributed by atoms with Crippen LogP contribution in [0.25, 0.3) is 0 Å². The van der Waals surface area contributed by atoms with Crippen molar-refractivity contribution in [3.8, 4) is 0 Å². The zero-order valence-corrected chi connectivity index (χ0v) is 12.8. The van der Waals surface area contributed by atoms with Crippen molar-refractivity contribution in [2.45, 2.75) is 13.3 Å². The van der Waals surface area contributed by atoms with E-state index in [0.29, 0.717) is 24.2 Å². The third-order valence-electron chi connectivity index (χ3n) is 3.92. The van der Waals surface area contributed by atoms with Crippen LogP contribution in [0.1, 0.15) is 33.2 Å². The molecule has 0 atom stereocenters. The van der Waals surface area contributed by atoms with Gasteiger partial charge in [-0.25, -0.2) is 4.39 Å². The number of hydrogen-bond donors (Lipinski definition) is 1. The van der Waals surface area contributed by atoms with E-state index < -0.39 is 0 Å². The number of benzene rings is 2. The summed E-state index contributed by atoms with van der Waals surface area (Å²) in [6.45, 7) is 2.97. The molecule has 0 fully saturated rings. The lowest BCUT2D eigenvalue weighted by atomic mass is 10.1. The van der Waals surface area contributed by atoms with E-state index in [4.69, 9.17) is 0 Å². The van der Waals surface area contributed by atoms with Crippen LogP contribution in [-0.2, 0) is 6.42 Å². The van der Waals surface area contributed by atoms with Crippen LogP contribution in [0.2, 0.25) is 0 Å². The van der Waals surface area contributed by atoms with Gasteiger partial charge in [-0.3, -0.25) is 9.59 Å². The van der Waals surface area contributed by atoms with Gasteiger partial charge in [0.15, 0.2) is 0 Å². The molecule has 2 amide bonds.